The molecule has 0 atom stereocenters. The van der Waals surface area contributed by atoms with E-state index in [1.54, 1.807) is 43.5 Å². The molecule has 2 aromatic carbocycles. The van der Waals surface area contributed by atoms with Crippen LogP contribution in [0.25, 0.3) is 10.9 Å². The van der Waals surface area contributed by atoms with Gasteiger partial charge in [-0.15, -0.1) is 0 Å². The molecular weight excluding hydrogens is 481 g/mol. The summed E-state index contributed by atoms with van der Waals surface area (Å²) in [5.41, 5.74) is 1.23. The third kappa shape index (κ3) is 5.49. The average Bonchev–Trinajstić information content (AvgIpc) is 3.34. The van der Waals surface area contributed by atoms with Crippen LogP contribution in [-0.4, -0.2) is 35.7 Å². The third-order valence-electron chi connectivity index (χ3n) is 5.04. The number of nitrogens with zero attached hydrogens (tertiary/aromatic N) is 2. The van der Waals surface area contributed by atoms with Crippen molar-refractivity contribution in [3.63, 3.8) is 0 Å². The second kappa shape index (κ2) is 10.9. The molecular formula is C24H21ClFN3O4S. The highest BCUT2D eigenvalue weighted by atomic mass is 35.5. The van der Waals surface area contributed by atoms with E-state index in [2.05, 4.69) is 10.3 Å². The van der Waals surface area contributed by atoms with Gasteiger partial charge in [0.15, 0.2) is 5.16 Å². The molecule has 0 radical (unpaired) electrons. The molecule has 2 heterocycles. The van der Waals surface area contributed by atoms with Crippen LogP contribution in [0.2, 0.25) is 5.02 Å². The highest BCUT2D eigenvalue weighted by molar-refractivity contribution is 7.98. The van der Waals surface area contributed by atoms with Crippen molar-refractivity contribution in [1.82, 2.24) is 14.9 Å². The van der Waals surface area contributed by atoms with Gasteiger partial charge in [-0.1, -0.05) is 29.4 Å². The number of hydrogen-bond acceptors (Lipinski definition) is 6. The molecule has 0 saturated carbocycles. The van der Waals surface area contributed by atoms with E-state index >= 15 is 0 Å². The van der Waals surface area contributed by atoms with Crippen LogP contribution < -0.4 is 10.9 Å². The van der Waals surface area contributed by atoms with Crippen molar-refractivity contribution in [3.8, 4) is 0 Å². The zero-order chi connectivity index (χ0) is 24.1. The Kier molecular flexibility index (Phi) is 7.66. The molecule has 0 unspecified atom stereocenters. The number of halogens is 2. The van der Waals surface area contributed by atoms with Gasteiger partial charge in [0.1, 0.15) is 11.6 Å². The Morgan fingerprint density at radius 2 is 2.12 bits per heavy atom. The van der Waals surface area contributed by atoms with Crippen LogP contribution in [-0.2, 0) is 17.0 Å². The molecule has 2 aromatic heterocycles. The molecule has 0 spiro atoms. The molecule has 0 aliphatic carbocycles. The molecule has 4 rings (SSSR count). The van der Waals surface area contributed by atoms with Gasteiger partial charge in [-0.05, 0) is 48.0 Å². The summed E-state index contributed by atoms with van der Waals surface area (Å²) in [7, 11) is 1.55. The van der Waals surface area contributed by atoms with Crippen LogP contribution in [0.15, 0.2) is 69.2 Å². The smallest absolute Gasteiger partial charge is 0.262 e. The number of benzene rings is 2. The minimum atomic E-state index is -0.423. The number of carbonyl (C=O) groups excluding carboxylic acids is 1. The maximum absolute atomic E-state index is 13.4. The van der Waals surface area contributed by atoms with E-state index in [0.717, 1.165) is 0 Å². The molecule has 34 heavy (non-hydrogen) atoms. The molecule has 1 N–H and O–H groups in total. The summed E-state index contributed by atoms with van der Waals surface area (Å²) in [4.78, 5) is 30.5. The van der Waals surface area contributed by atoms with Crippen LogP contribution in [0.5, 0.6) is 0 Å². The minimum Gasteiger partial charge on any atom is -0.467 e. The summed E-state index contributed by atoms with van der Waals surface area (Å²) in [6.07, 6.45) is 1.54. The van der Waals surface area contributed by atoms with E-state index in [9.17, 15) is 14.0 Å². The predicted octanol–water partition coefficient (Wildman–Crippen LogP) is 4.50. The summed E-state index contributed by atoms with van der Waals surface area (Å²) in [5.74, 6) is 0.257. The number of furan rings is 1. The SMILES string of the molecule is COCCNC(=O)c1ccc2c(=O)n(Cc3ccco3)c(SCc3ccc(F)cc3Cl)nc2c1. The lowest BCUT2D eigenvalue weighted by Gasteiger charge is -2.13. The van der Waals surface area contributed by atoms with Crippen molar-refractivity contribution >= 4 is 40.2 Å². The van der Waals surface area contributed by atoms with Crippen molar-refractivity contribution in [2.75, 3.05) is 20.3 Å². The number of ether oxygens (including phenoxy) is 1. The molecule has 176 valence electrons. The quantitative estimate of drug-likeness (QED) is 0.206. The van der Waals surface area contributed by atoms with Crippen LogP contribution in [0.4, 0.5) is 4.39 Å². The molecule has 0 aliphatic rings. The van der Waals surface area contributed by atoms with Crippen molar-refractivity contribution in [2.24, 2.45) is 0 Å². The summed E-state index contributed by atoms with van der Waals surface area (Å²) < 4.78 is 25.3. The lowest BCUT2D eigenvalue weighted by atomic mass is 10.1. The molecule has 0 aliphatic heterocycles. The van der Waals surface area contributed by atoms with Gasteiger partial charge in [0.25, 0.3) is 11.5 Å². The van der Waals surface area contributed by atoms with Gasteiger partial charge < -0.3 is 14.5 Å². The number of aromatic nitrogens is 2. The van der Waals surface area contributed by atoms with Crippen molar-refractivity contribution < 1.29 is 18.3 Å². The van der Waals surface area contributed by atoms with Crippen LogP contribution in [0.3, 0.4) is 0 Å². The minimum absolute atomic E-state index is 0.188. The van der Waals surface area contributed by atoms with E-state index < -0.39 is 5.82 Å². The number of nitrogens with one attached hydrogen (secondary N) is 1. The second-order valence-electron chi connectivity index (χ2n) is 7.37. The maximum atomic E-state index is 13.4. The van der Waals surface area contributed by atoms with E-state index in [1.165, 1.54) is 34.7 Å². The Balaban J connectivity index is 1.71. The van der Waals surface area contributed by atoms with Crippen LogP contribution in [0, 0.1) is 5.82 Å². The zero-order valence-corrected chi connectivity index (χ0v) is 19.8. The normalized spacial score (nSPS) is 11.1. The Bertz CT molecular complexity index is 1370. The summed E-state index contributed by atoms with van der Waals surface area (Å²) >= 11 is 7.46. The fraction of sp³-hybridized carbons (Fsp3) is 0.208. The standard InChI is InChI=1S/C24H21ClFN3O4S/c1-32-10-8-27-22(30)15-5-7-19-21(11-15)28-24(29(23(19)31)13-18-3-2-9-33-18)34-14-16-4-6-17(26)12-20(16)25/h2-7,9,11-12H,8,10,13-14H2,1H3,(H,27,30). The van der Waals surface area contributed by atoms with Gasteiger partial charge in [-0.3, -0.25) is 14.2 Å². The first-order valence-electron chi connectivity index (χ1n) is 10.4. The van der Waals surface area contributed by atoms with E-state index in [0.29, 0.717) is 56.9 Å². The number of fused-ring (bicyclic) bond motifs is 1. The third-order valence-corrected chi connectivity index (χ3v) is 6.42. The Hall–Kier alpha value is -3.14. The number of amides is 1. The number of hydrogen-bond donors (Lipinski definition) is 1. The maximum Gasteiger partial charge on any atom is 0.262 e. The number of methoxy groups -OCH3 is 1. The van der Waals surface area contributed by atoms with Crippen LogP contribution in [0.1, 0.15) is 21.7 Å². The van der Waals surface area contributed by atoms with Gasteiger partial charge in [0.2, 0.25) is 0 Å². The van der Waals surface area contributed by atoms with Crippen LogP contribution >= 0.6 is 23.4 Å². The Labute approximate surface area is 203 Å². The summed E-state index contributed by atoms with van der Waals surface area (Å²) in [6.45, 7) is 0.945. The van der Waals surface area contributed by atoms with Gasteiger partial charge in [0, 0.05) is 30.0 Å². The first-order chi connectivity index (χ1) is 16.5. The summed E-state index contributed by atoms with van der Waals surface area (Å²) in [6, 6.07) is 12.5. The average molecular weight is 502 g/mol. The lowest BCUT2D eigenvalue weighted by Crippen LogP contribution is -2.27. The molecule has 1 amide bonds. The molecule has 0 saturated heterocycles. The predicted molar refractivity (Wildman–Crippen MR) is 129 cm³/mol. The first-order valence-corrected chi connectivity index (χ1v) is 11.7. The molecule has 10 heteroatoms. The Morgan fingerprint density at radius 3 is 2.85 bits per heavy atom. The van der Waals surface area contributed by atoms with Crippen molar-refractivity contribution in [2.45, 2.75) is 17.5 Å². The number of thioether (sulfide) groups is 1. The Morgan fingerprint density at radius 1 is 1.26 bits per heavy atom. The van der Waals surface area contributed by atoms with Gasteiger partial charge in [-0.2, -0.15) is 0 Å². The lowest BCUT2D eigenvalue weighted by molar-refractivity contribution is 0.0937. The van der Waals surface area contributed by atoms with E-state index in [1.807, 2.05) is 0 Å². The molecule has 0 fully saturated rings. The first kappa shape index (κ1) is 24.0. The molecule has 4 aromatic rings. The van der Waals surface area contributed by atoms with Gasteiger partial charge in [0.05, 0.1) is 30.3 Å². The molecule has 0 bridgehead atoms. The molecule has 7 nitrogen and oxygen atoms in total. The summed E-state index contributed by atoms with van der Waals surface area (Å²) in [5, 5.41) is 3.85. The topological polar surface area (TPSA) is 86.4 Å². The van der Waals surface area contributed by atoms with Gasteiger partial charge >= 0.3 is 0 Å². The van der Waals surface area contributed by atoms with Gasteiger partial charge in [-0.25, -0.2) is 9.37 Å². The monoisotopic (exact) mass is 501 g/mol. The second-order valence-corrected chi connectivity index (χ2v) is 8.72. The largest absolute Gasteiger partial charge is 0.467 e. The zero-order valence-electron chi connectivity index (χ0n) is 18.2. The fourth-order valence-electron chi connectivity index (χ4n) is 3.30. The van der Waals surface area contributed by atoms with E-state index in [-0.39, 0.29) is 18.0 Å². The van der Waals surface area contributed by atoms with Crippen molar-refractivity contribution in [3.05, 3.63) is 92.9 Å². The highest BCUT2D eigenvalue weighted by Crippen LogP contribution is 2.27. The number of carbonyl (C=O) groups is 1. The van der Waals surface area contributed by atoms with E-state index in [4.69, 9.17) is 20.8 Å². The highest BCUT2D eigenvalue weighted by Gasteiger charge is 2.16. The fourth-order valence-corrected chi connectivity index (χ4v) is 4.62. The number of rotatable bonds is 9. The van der Waals surface area contributed by atoms with Crippen molar-refractivity contribution in [1.29, 1.82) is 0 Å².